The fourth-order valence-corrected chi connectivity index (χ4v) is 5.70. The second-order valence-electron chi connectivity index (χ2n) is 7.73. The monoisotopic (exact) mass is 316 g/mol. The van der Waals surface area contributed by atoms with Crippen LogP contribution in [0.2, 0.25) is 0 Å². The quantitative estimate of drug-likeness (QED) is 0.878. The van der Waals surface area contributed by atoms with Gasteiger partial charge in [-0.25, -0.2) is 0 Å². The van der Waals surface area contributed by atoms with Gasteiger partial charge in [0.2, 0.25) is 0 Å². The molecule has 1 saturated heterocycles. The first-order valence-corrected chi connectivity index (χ1v) is 8.65. The van der Waals surface area contributed by atoms with Crippen molar-refractivity contribution in [3.8, 4) is 5.75 Å². The maximum absolute atomic E-state index is 11.4. The molecule has 2 aliphatic carbocycles. The summed E-state index contributed by atoms with van der Waals surface area (Å²) in [7, 11) is 0. The average Bonchev–Trinajstić information content (AvgIpc) is 2.87. The van der Waals surface area contributed by atoms with Gasteiger partial charge >= 0.3 is 5.97 Å². The third-order valence-electron chi connectivity index (χ3n) is 6.47. The molecule has 124 valence electrons. The van der Waals surface area contributed by atoms with Crippen molar-refractivity contribution in [3.63, 3.8) is 0 Å². The highest BCUT2D eigenvalue weighted by atomic mass is 16.5. The van der Waals surface area contributed by atoms with Gasteiger partial charge in [0.15, 0.2) is 0 Å². The number of carboxylic acid groups (broad SMARTS) is 1. The highest BCUT2D eigenvalue weighted by Gasteiger charge is 2.55. The number of aryl methyl sites for hydroxylation is 1. The van der Waals surface area contributed by atoms with Crippen molar-refractivity contribution in [2.45, 2.75) is 50.5 Å². The molecule has 0 spiro atoms. The topological polar surface area (TPSA) is 66.8 Å². The Kier molecular flexibility index (Phi) is 3.41. The molecule has 1 aromatic rings. The molecule has 1 aromatic carbocycles. The number of carboxylic acids is 1. The van der Waals surface area contributed by atoms with Crippen molar-refractivity contribution in [2.75, 3.05) is 6.61 Å². The van der Waals surface area contributed by atoms with E-state index in [1.54, 1.807) is 6.07 Å². The van der Waals surface area contributed by atoms with Gasteiger partial charge in [0.25, 0.3) is 0 Å². The maximum Gasteiger partial charge on any atom is 0.303 e. The predicted octanol–water partition coefficient (Wildman–Crippen LogP) is 3.33. The van der Waals surface area contributed by atoms with Crippen molar-refractivity contribution in [2.24, 2.45) is 17.8 Å². The Bertz CT molecular complexity index is 640. The lowest BCUT2D eigenvalue weighted by Crippen LogP contribution is -2.49. The van der Waals surface area contributed by atoms with Crippen molar-refractivity contribution in [3.05, 3.63) is 29.3 Å². The minimum atomic E-state index is -0.723. The van der Waals surface area contributed by atoms with Crippen LogP contribution in [-0.2, 0) is 16.0 Å². The molecule has 1 saturated carbocycles. The number of aliphatic carboxylic acids is 1. The molecule has 1 heterocycles. The lowest BCUT2D eigenvalue weighted by molar-refractivity contribution is -0.141. The van der Waals surface area contributed by atoms with Crippen LogP contribution in [0, 0.1) is 17.8 Å². The van der Waals surface area contributed by atoms with Gasteiger partial charge in [-0.1, -0.05) is 6.07 Å². The smallest absolute Gasteiger partial charge is 0.303 e. The van der Waals surface area contributed by atoms with E-state index in [-0.39, 0.29) is 23.9 Å². The summed E-state index contributed by atoms with van der Waals surface area (Å²) in [6.45, 7) is 2.98. The van der Waals surface area contributed by atoms with E-state index in [9.17, 15) is 15.0 Å². The molecular weight excluding hydrogens is 292 g/mol. The summed E-state index contributed by atoms with van der Waals surface area (Å²) in [6.07, 6.45) is 4.15. The molecule has 0 amide bonds. The van der Waals surface area contributed by atoms with Crippen LogP contribution in [0.4, 0.5) is 0 Å². The summed E-state index contributed by atoms with van der Waals surface area (Å²) in [4.78, 5) is 11.4. The largest absolute Gasteiger partial charge is 0.508 e. The zero-order chi connectivity index (χ0) is 16.2. The lowest BCUT2D eigenvalue weighted by Gasteiger charge is -2.51. The molecule has 4 rings (SSSR count). The summed E-state index contributed by atoms with van der Waals surface area (Å²) in [5, 5.41) is 19.2. The summed E-state index contributed by atoms with van der Waals surface area (Å²) >= 11 is 0. The number of phenols is 1. The van der Waals surface area contributed by atoms with E-state index < -0.39 is 5.97 Å². The molecule has 0 radical (unpaired) electrons. The Morgan fingerprint density at radius 3 is 3.00 bits per heavy atom. The maximum atomic E-state index is 11.4. The molecule has 0 aromatic heterocycles. The minimum absolute atomic E-state index is 0.112. The fourth-order valence-electron chi connectivity index (χ4n) is 5.70. The van der Waals surface area contributed by atoms with Crippen LogP contribution in [0.15, 0.2) is 18.2 Å². The number of fused-ring (bicyclic) bond motifs is 5. The summed E-state index contributed by atoms with van der Waals surface area (Å²) < 4.78 is 6.08. The van der Waals surface area contributed by atoms with Gasteiger partial charge < -0.3 is 14.9 Å². The molecular formula is C19H24O4. The Balaban J connectivity index is 1.77. The molecule has 4 nitrogen and oxygen atoms in total. The Morgan fingerprint density at radius 2 is 2.22 bits per heavy atom. The normalized spacial score (nSPS) is 38.5. The van der Waals surface area contributed by atoms with Crippen LogP contribution < -0.4 is 0 Å². The van der Waals surface area contributed by atoms with Crippen molar-refractivity contribution < 1.29 is 19.7 Å². The zero-order valence-corrected chi connectivity index (χ0v) is 13.5. The molecule has 0 bridgehead atoms. The number of hydrogen-bond acceptors (Lipinski definition) is 3. The van der Waals surface area contributed by atoms with Gasteiger partial charge in [0, 0.05) is 13.0 Å². The number of hydrogen-bond donors (Lipinski definition) is 2. The molecule has 3 unspecified atom stereocenters. The third-order valence-corrected chi connectivity index (χ3v) is 6.47. The van der Waals surface area contributed by atoms with Gasteiger partial charge in [-0.3, -0.25) is 4.79 Å². The molecule has 4 heteroatoms. The first kappa shape index (κ1) is 15.0. The highest BCUT2D eigenvalue weighted by molar-refractivity contribution is 5.67. The highest BCUT2D eigenvalue weighted by Crippen LogP contribution is 2.58. The van der Waals surface area contributed by atoms with E-state index >= 15 is 0 Å². The zero-order valence-electron chi connectivity index (χ0n) is 13.5. The van der Waals surface area contributed by atoms with Gasteiger partial charge in [-0.15, -0.1) is 0 Å². The Hall–Kier alpha value is -1.55. The van der Waals surface area contributed by atoms with Crippen LogP contribution in [0.25, 0.3) is 0 Å². The Morgan fingerprint density at radius 1 is 1.39 bits per heavy atom. The van der Waals surface area contributed by atoms with Crippen LogP contribution in [0.5, 0.6) is 5.75 Å². The number of benzene rings is 1. The third kappa shape index (κ3) is 2.35. The fraction of sp³-hybridized carbons (Fsp3) is 0.632. The van der Waals surface area contributed by atoms with Crippen molar-refractivity contribution >= 4 is 5.97 Å². The first-order chi connectivity index (χ1) is 11.0. The number of aromatic hydroxyl groups is 1. The van der Waals surface area contributed by atoms with E-state index in [2.05, 4.69) is 6.92 Å². The standard InChI is InChI=1S/C19H24O4/c1-19-10-12(9-17(21)22)18-14-5-3-13(20)8-11(14)2-4-15(18)16(19)6-7-23-19/h3,5,8,12,15-16,18,20H,2,4,6-7,9-10H2,1H3,(H,21,22)/t12-,15?,16?,18?,19+/m1/s1. The second kappa shape index (κ2) is 5.23. The first-order valence-electron chi connectivity index (χ1n) is 8.65. The van der Waals surface area contributed by atoms with E-state index in [4.69, 9.17) is 4.74 Å². The van der Waals surface area contributed by atoms with Crippen molar-refractivity contribution in [1.82, 2.24) is 0 Å². The van der Waals surface area contributed by atoms with Gasteiger partial charge in [0.1, 0.15) is 5.75 Å². The van der Waals surface area contributed by atoms with E-state index in [1.165, 1.54) is 11.1 Å². The summed E-state index contributed by atoms with van der Waals surface area (Å²) in [5.41, 5.74) is 2.30. The minimum Gasteiger partial charge on any atom is -0.508 e. The van der Waals surface area contributed by atoms with E-state index in [0.717, 1.165) is 32.3 Å². The van der Waals surface area contributed by atoms with Gasteiger partial charge in [-0.05, 0) is 79.5 Å². The molecule has 2 fully saturated rings. The molecule has 5 atom stereocenters. The molecule has 3 aliphatic rings. The predicted molar refractivity (Wildman–Crippen MR) is 85.5 cm³/mol. The SMILES string of the molecule is C[C@]12C[C@@H](CC(=O)O)C3c4ccc(O)cc4CCC3C1CCO2. The molecule has 1 aliphatic heterocycles. The summed E-state index contributed by atoms with van der Waals surface area (Å²) in [6, 6.07) is 5.63. The number of phenolic OH excluding ortho intramolecular Hbond substituents is 1. The number of ether oxygens (including phenoxy) is 1. The van der Waals surface area contributed by atoms with Crippen LogP contribution in [0.3, 0.4) is 0 Å². The number of carbonyl (C=O) groups is 1. The van der Waals surface area contributed by atoms with Gasteiger partial charge in [0.05, 0.1) is 5.60 Å². The second-order valence-corrected chi connectivity index (χ2v) is 7.73. The van der Waals surface area contributed by atoms with Crippen LogP contribution in [0.1, 0.15) is 49.7 Å². The summed E-state index contributed by atoms with van der Waals surface area (Å²) in [5.74, 6) is 1.01. The average molecular weight is 316 g/mol. The van der Waals surface area contributed by atoms with Crippen LogP contribution in [-0.4, -0.2) is 28.4 Å². The Labute approximate surface area is 136 Å². The lowest BCUT2D eigenvalue weighted by atomic mass is 9.54. The van der Waals surface area contributed by atoms with Crippen LogP contribution >= 0.6 is 0 Å². The molecule has 2 N–H and O–H groups in total. The van der Waals surface area contributed by atoms with E-state index in [0.29, 0.717) is 17.6 Å². The van der Waals surface area contributed by atoms with Gasteiger partial charge in [-0.2, -0.15) is 0 Å². The van der Waals surface area contributed by atoms with Crippen molar-refractivity contribution in [1.29, 1.82) is 0 Å². The molecule has 23 heavy (non-hydrogen) atoms. The van der Waals surface area contributed by atoms with E-state index in [1.807, 2.05) is 12.1 Å². The number of rotatable bonds is 2.